The number of benzene rings is 1. The molecule has 1 unspecified atom stereocenters. The molecule has 1 aromatic rings. The molecule has 15 heavy (non-hydrogen) atoms. The van der Waals surface area contributed by atoms with Crippen LogP contribution < -0.4 is 0 Å². The lowest BCUT2D eigenvalue weighted by atomic mass is 9.93. The standard InChI is InChI=1S/C12H15FO2/c1-4-10(12(14)15-3)11-6-5-9(13)7-8(11)2/h5-7,10H,4H2,1-3H3. The minimum absolute atomic E-state index is 0.271. The zero-order chi connectivity index (χ0) is 11.4. The van der Waals surface area contributed by atoms with Gasteiger partial charge in [-0.1, -0.05) is 13.0 Å². The topological polar surface area (TPSA) is 26.3 Å². The lowest BCUT2D eigenvalue weighted by molar-refractivity contribution is -0.142. The first-order valence-corrected chi connectivity index (χ1v) is 4.94. The molecule has 0 saturated heterocycles. The summed E-state index contributed by atoms with van der Waals surface area (Å²) in [5.41, 5.74) is 1.62. The van der Waals surface area contributed by atoms with Crippen LogP contribution in [0.15, 0.2) is 18.2 Å². The number of carbonyl (C=O) groups is 1. The molecule has 0 saturated carbocycles. The first kappa shape index (κ1) is 11.7. The van der Waals surface area contributed by atoms with E-state index in [2.05, 4.69) is 0 Å². The van der Waals surface area contributed by atoms with Crippen molar-refractivity contribution in [3.05, 3.63) is 35.1 Å². The first-order valence-electron chi connectivity index (χ1n) is 4.94. The maximum Gasteiger partial charge on any atom is 0.313 e. The first-order chi connectivity index (χ1) is 7.10. The summed E-state index contributed by atoms with van der Waals surface area (Å²) in [5, 5.41) is 0. The summed E-state index contributed by atoms with van der Waals surface area (Å²) in [6.45, 7) is 3.70. The van der Waals surface area contributed by atoms with E-state index in [4.69, 9.17) is 4.74 Å². The number of rotatable bonds is 3. The van der Waals surface area contributed by atoms with Crippen LogP contribution in [0.4, 0.5) is 4.39 Å². The van der Waals surface area contributed by atoms with Gasteiger partial charge in [-0.05, 0) is 36.6 Å². The quantitative estimate of drug-likeness (QED) is 0.717. The molecule has 0 amide bonds. The second-order valence-corrected chi connectivity index (χ2v) is 3.48. The number of halogens is 1. The van der Waals surface area contributed by atoms with Crippen molar-refractivity contribution in [2.75, 3.05) is 7.11 Å². The molecule has 0 spiro atoms. The Hall–Kier alpha value is -1.38. The fourth-order valence-corrected chi connectivity index (χ4v) is 1.69. The highest BCUT2D eigenvalue weighted by Crippen LogP contribution is 2.24. The Morgan fingerprint density at radius 1 is 1.53 bits per heavy atom. The van der Waals surface area contributed by atoms with Gasteiger partial charge in [0.1, 0.15) is 5.82 Å². The Kier molecular flexibility index (Phi) is 3.83. The summed E-state index contributed by atoms with van der Waals surface area (Å²) >= 11 is 0. The molecule has 1 atom stereocenters. The summed E-state index contributed by atoms with van der Waals surface area (Å²) in [4.78, 5) is 11.5. The van der Waals surface area contributed by atoms with Crippen LogP contribution in [-0.2, 0) is 9.53 Å². The van der Waals surface area contributed by atoms with Crippen LogP contribution in [0.3, 0.4) is 0 Å². The van der Waals surface area contributed by atoms with Crippen LogP contribution in [0, 0.1) is 12.7 Å². The second-order valence-electron chi connectivity index (χ2n) is 3.48. The molecular formula is C12H15FO2. The van der Waals surface area contributed by atoms with E-state index in [1.54, 1.807) is 13.0 Å². The van der Waals surface area contributed by atoms with Gasteiger partial charge in [-0.3, -0.25) is 4.79 Å². The molecule has 0 aromatic heterocycles. The van der Waals surface area contributed by atoms with Crippen LogP contribution >= 0.6 is 0 Å². The van der Waals surface area contributed by atoms with Crippen molar-refractivity contribution in [3.63, 3.8) is 0 Å². The molecule has 3 heteroatoms. The Balaban J connectivity index is 3.07. The Labute approximate surface area is 89.1 Å². The maximum atomic E-state index is 12.9. The SMILES string of the molecule is CCC(C(=O)OC)c1ccc(F)cc1C. The average molecular weight is 210 g/mol. The molecule has 1 rings (SSSR count). The maximum absolute atomic E-state index is 12.9. The van der Waals surface area contributed by atoms with Crippen LogP contribution in [-0.4, -0.2) is 13.1 Å². The molecule has 1 aromatic carbocycles. The van der Waals surface area contributed by atoms with Gasteiger partial charge in [-0.15, -0.1) is 0 Å². The lowest BCUT2D eigenvalue weighted by Gasteiger charge is -2.15. The van der Waals surface area contributed by atoms with E-state index in [0.29, 0.717) is 6.42 Å². The third kappa shape index (κ3) is 2.55. The van der Waals surface area contributed by atoms with Gasteiger partial charge < -0.3 is 4.74 Å². The predicted octanol–water partition coefficient (Wildman–Crippen LogP) is 2.80. The van der Waals surface area contributed by atoms with E-state index in [9.17, 15) is 9.18 Å². The number of esters is 1. The number of aryl methyl sites for hydroxylation is 1. The zero-order valence-corrected chi connectivity index (χ0v) is 9.21. The summed E-state index contributed by atoms with van der Waals surface area (Å²) in [5.74, 6) is -0.848. The van der Waals surface area contributed by atoms with E-state index in [1.165, 1.54) is 19.2 Å². The van der Waals surface area contributed by atoms with Crippen molar-refractivity contribution in [1.82, 2.24) is 0 Å². The van der Waals surface area contributed by atoms with Crippen LogP contribution in [0.1, 0.15) is 30.4 Å². The average Bonchev–Trinajstić information content (AvgIpc) is 2.21. The predicted molar refractivity (Wildman–Crippen MR) is 56.2 cm³/mol. The molecule has 0 heterocycles. The van der Waals surface area contributed by atoms with E-state index in [0.717, 1.165) is 11.1 Å². The Morgan fingerprint density at radius 3 is 2.67 bits per heavy atom. The minimum atomic E-state index is -0.296. The summed E-state index contributed by atoms with van der Waals surface area (Å²) in [6, 6.07) is 4.45. The third-order valence-corrected chi connectivity index (χ3v) is 2.50. The van der Waals surface area contributed by atoms with Gasteiger partial charge in [-0.25, -0.2) is 4.39 Å². The fourth-order valence-electron chi connectivity index (χ4n) is 1.69. The number of carbonyl (C=O) groups excluding carboxylic acids is 1. The number of hydrogen-bond donors (Lipinski definition) is 0. The highest BCUT2D eigenvalue weighted by Gasteiger charge is 2.20. The summed E-state index contributed by atoms with van der Waals surface area (Å²) < 4.78 is 17.6. The number of hydrogen-bond acceptors (Lipinski definition) is 2. The van der Waals surface area contributed by atoms with Gasteiger partial charge in [0.15, 0.2) is 0 Å². The van der Waals surface area contributed by atoms with Gasteiger partial charge in [0.2, 0.25) is 0 Å². The number of ether oxygens (including phenoxy) is 1. The molecule has 0 aliphatic heterocycles. The van der Waals surface area contributed by atoms with Gasteiger partial charge >= 0.3 is 5.97 Å². The van der Waals surface area contributed by atoms with Crippen molar-refractivity contribution in [1.29, 1.82) is 0 Å². The third-order valence-electron chi connectivity index (χ3n) is 2.50. The Bertz CT molecular complexity index is 361. The van der Waals surface area contributed by atoms with Crippen molar-refractivity contribution < 1.29 is 13.9 Å². The molecule has 0 aliphatic rings. The van der Waals surface area contributed by atoms with Gasteiger partial charge in [0.05, 0.1) is 13.0 Å². The molecule has 82 valence electrons. The van der Waals surface area contributed by atoms with Crippen LogP contribution in [0.25, 0.3) is 0 Å². The molecule has 0 fully saturated rings. The smallest absolute Gasteiger partial charge is 0.313 e. The summed E-state index contributed by atoms with van der Waals surface area (Å²) in [6.07, 6.45) is 0.652. The van der Waals surface area contributed by atoms with Gasteiger partial charge in [0, 0.05) is 0 Å². The lowest BCUT2D eigenvalue weighted by Crippen LogP contribution is -2.14. The van der Waals surface area contributed by atoms with Crippen molar-refractivity contribution >= 4 is 5.97 Å². The fraction of sp³-hybridized carbons (Fsp3) is 0.417. The molecule has 0 aliphatic carbocycles. The van der Waals surface area contributed by atoms with E-state index in [1.807, 2.05) is 6.92 Å². The van der Waals surface area contributed by atoms with E-state index >= 15 is 0 Å². The zero-order valence-electron chi connectivity index (χ0n) is 9.21. The molecular weight excluding hydrogens is 195 g/mol. The normalized spacial score (nSPS) is 12.3. The minimum Gasteiger partial charge on any atom is -0.469 e. The number of methoxy groups -OCH3 is 1. The molecule has 0 N–H and O–H groups in total. The van der Waals surface area contributed by atoms with E-state index in [-0.39, 0.29) is 17.7 Å². The van der Waals surface area contributed by atoms with Crippen molar-refractivity contribution in [2.24, 2.45) is 0 Å². The van der Waals surface area contributed by atoms with Crippen LogP contribution in [0.5, 0.6) is 0 Å². The van der Waals surface area contributed by atoms with Crippen molar-refractivity contribution in [2.45, 2.75) is 26.2 Å². The largest absolute Gasteiger partial charge is 0.469 e. The van der Waals surface area contributed by atoms with Gasteiger partial charge in [-0.2, -0.15) is 0 Å². The molecule has 2 nitrogen and oxygen atoms in total. The molecule has 0 bridgehead atoms. The monoisotopic (exact) mass is 210 g/mol. The van der Waals surface area contributed by atoms with E-state index < -0.39 is 0 Å². The second kappa shape index (κ2) is 4.91. The highest BCUT2D eigenvalue weighted by molar-refractivity contribution is 5.78. The van der Waals surface area contributed by atoms with Gasteiger partial charge in [0.25, 0.3) is 0 Å². The Morgan fingerprint density at radius 2 is 2.20 bits per heavy atom. The summed E-state index contributed by atoms with van der Waals surface area (Å²) in [7, 11) is 1.36. The van der Waals surface area contributed by atoms with Crippen molar-refractivity contribution in [3.8, 4) is 0 Å². The highest BCUT2D eigenvalue weighted by atomic mass is 19.1. The molecule has 0 radical (unpaired) electrons. The van der Waals surface area contributed by atoms with Crippen LogP contribution in [0.2, 0.25) is 0 Å².